The van der Waals surface area contributed by atoms with E-state index in [1.54, 1.807) is 31.4 Å². The van der Waals surface area contributed by atoms with Gasteiger partial charge in [0.05, 0.1) is 13.2 Å². The molecular weight excluding hydrogens is 331 g/mol. The van der Waals surface area contributed by atoms with Gasteiger partial charge in [-0.2, -0.15) is 0 Å². The molecule has 1 unspecified atom stereocenters. The zero-order valence-corrected chi connectivity index (χ0v) is 13.7. The Balaban J connectivity index is 1.61. The average Bonchev–Trinajstić information content (AvgIpc) is 3.09. The van der Waals surface area contributed by atoms with Crippen molar-refractivity contribution in [2.24, 2.45) is 0 Å². The van der Waals surface area contributed by atoms with Crippen LogP contribution in [-0.2, 0) is 0 Å². The highest BCUT2D eigenvalue weighted by atomic mass is 32.2. The summed E-state index contributed by atoms with van der Waals surface area (Å²) in [6.45, 7) is 0. The van der Waals surface area contributed by atoms with Crippen molar-refractivity contribution in [1.29, 1.82) is 0 Å². The summed E-state index contributed by atoms with van der Waals surface area (Å²) in [6.07, 6.45) is -0.665. The lowest BCUT2D eigenvalue weighted by Gasteiger charge is -2.09. The van der Waals surface area contributed by atoms with Crippen LogP contribution in [0.15, 0.2) is 58.2 Å². The molecule has 24 heavy (non-hydrogen) atoms. The van der Waals surface area contributed by atoms with Crippen LogP contribution < -0.4 is 4.74 Å². The zero-order valence-electron chi connectivity index (χ0n) is 12.8. The van der Waals surface area contributed by atoms with E-state index in [-0.39, 0.29) is 5.82 Å². The summed E-state index contributed by atoms with van der Waals surface area (Å²) in [4.78, 5) is 0. The number of rotatable bonds is 6. The van der Waals surface area contributed by atoms with Gasteiger partial charge in [0.1, 0.15) is 11.6 Å². The minimum absolute atomic E-state index is 0.316. The molecule has 0 saturated heterocycles. The maximum absolute atomic E-state index is 12.9. The fraction of sp³-hybridized carbons (Fsp3) is 0.176. The first-order valence-electron chi connectivity index (χ1n) is 7.20. The number of hydrogen-bond donors (Lipinski definition) is 1. The lowest BCUT2D eigenvalue weighted by Crippen LogP contribution is -2.00. The van der Waals surface area contributed by atoms with Gasteiger partial charge in [-0.1, -0.05) is 23.9 Å². The monoisotopic (exact) mass is 346 g/mol. The molecule has 1 heterocycles. The van der Waals surface area contributed by atoms with E-state index < -0.39 is 6.10 Å². The highest BCUT2D eigenvalue weighted by Crippen LogP contribution is 2.27. The van der Waals surface area contributed by atoms with Crippen molar-refractivity contribution >= 4 is 11.8 Å². The molecule has 0 radical (unpaired) electrons. The molecule has 124 valence electrons. The summed E-state index contributed by atoms with van der Waals surface area (Å²) >= 11 is 1.26. The van der Waals surface area contributed by atoms with E-state index in [4.69, 9.17) is 9.15 Å². The van der Waals surface area contributed by atoms with Crippen LogP contribution in [-0.4, -0.2) is 28.2 Å². The number of nitrogens with zero attached hydrogens (tertiary/aromatic N) is 2. The topological polar surface area (TPSA) is 68.4 Å². The van der Waals surface area contributed by atoms with Gasteiger partial charge in [0.15, 0.2) is 0 Å². The van der Waals surface area contributed by atoms with Crippen LogP contribution in [0, 0.1) is 5.82 Å². The molecular formula is C17H15FN2O3S. The zero-order chi connectivity index (χ0) is 16.9. The van der Waals surface area contributed by atoms with E-state index in [0.29, 0.717) is 22.4 Å². The average molecular weight is 346 g/mol. The number of aromatic nitrogens is 2. The molecule has 0 aliphatic carbocycles. The van der Waals surface area contributed by atoms with Crippen LogP contribution >= 0.6 is 11.8 Å². The molecule has 0 bridgehead atoms. The Kier molecular flexibility index (Phi) is 5.12. The second-order valence-corrected chi connectivity index (χ2v) is 5.95. The fourth-order valence-electron chi connectivity index (χ4n) is 2.05. The normalized spacial score (nSPS) is 12.1. The molecule has 7 heteroatoms. The Bertz CT molecular complexity index is 790. The van der Waals surface area contributed by atoms with Gasteiger partial charge in [-0.15, -0.1) is 10.2 Å². The third-order valence-electron chi connectivity index (χ3n) is 3.36. The Labute approximate surface area is 142 Å². The third-order valence-corrected chi connectivity index (χ3v) is 4.26. The van der Waals surface area contributed by atoms with Crippen molar-refractivity contribution < 1.29 is 18.7 Å². The Hall–Kier alpha value is -2.38. The van der Waals surface area contributed by atoms with Gasteiger partial charge in [0, 0.05) is 11.3 Å². The highest BCUT2D eigenvalue weighted by Gasteiger charge is 2.13. The van der Waals surface area contributed by atoms with E-state index in [0.717, 1.165) is 11.3 Å². The first-order valence-corrected chi connectivity index (χ1v) is 8.18. The van der Waals surface area contributed by atoms with Crippen molar-refractivity contribution in [3.05, 3.63) is 59.9 Å². The molecule has 0 aliphatic heterocycles. The first-order chi connectivity index (χ1) is 11.7. The molecule has 1 aromatic heterocycles. The minimum atomic E-state index is -0.665. The summed E-state index contributed by atoms with van der Waals surface area (Å²) in [5.74, 6) is 1.10. The van der Waals surface area contributed by atoms with Crippen LogP contribution in [0.1, 0.15) is 11.7 Å². The van der Waals surface area contributed by atoms with Gasteiger partial charge < -0.3 is 14.3 Å². The summed E-state index contributed by atoms with van der Waals surface area (Å²) in [6, 6.07) is 13.0. The van der Waals surface area contributed by atoms with E-state index in [9.17, 15) is 9.50 Å². The van der Waals surface area contributed by atoms with Crippen molar-refractivity contribution in [2.45, 2.75) is 11.3 Å². The molecule has 0 spiro atoms. The molecule has 1 atom stereocenters. The molecule has 0 amide bonds. The van der Waals surface area contributed by atoms with Gasteiger partial charge in [-0.25, -0.2) is 4.39 Å². The van der Waals surface area contributed by atoms with Gasteiger partial charge in [0.25, 0.3) is 5.22 Å². The van der Waals surface area contributed by atoms with E-state index in [2.05, 4.69) is 10.2 Å². The predicted octanol–water partition coefficient (Wildman–Crippen LogP) is 3.71. The lowest BCUT2D eigenvalue weighted by atomic mass is 10.1. The third kappa shape index (κ3) is 3.93. The van der Waals surface area contributed by atoms with Crippen LogP contribution in [0.5, 0.6) is 5.75 Å². The van der Waals surface area contributed by atoms with Crippen molar-refractivity contribution in [2.75, 3.05) is 12.9 Å². The van der Waals surface area contributed by atoms with E-state index >= 15 is 0 Å². The standard InChI is InChI=1S/C17H15FN2O3S/c1-22-14-8-4-11(5-9-14)15(21)10-24-17-20-19-16(23-17)12-2-6-13(18)7-3-12/h2-9,15,21H,10H2,1H3. The Morgan fingerprint density at radius 2 is 1.83 bits per heavy atom. The highest BCUT2D eigenvalue weighted by molar-refractivity contribution is 7.99. The van der Waals surface area contributed by atoms with Crippen LogP contribution in [0.4, 0.5) is 4.39 Å². The van der Waals surface area contributed by atoms with Crippen molar-refractivity contribution in [3.8, 4) is 17.2 Å². The molecule has 2 aromatic carbocycles. The molecule has 0 aliphatic rings. The number of methoxy groups -OCH3 is 1. The quantitative estimate of drug-likeness (QED) is 0.686. The van der Waals surface area contributed by atoms with Gasteiger partial charge in [0.2, 0.25) is 5.89 Å². The molecule has 3 aromatic rings. The number of benzene rings is 2. The largest absolute Gasteiger partial charge is 0.497 e. The second-order valence-electron chi connectivity index (χ2n) is 4.98. The van der Waals surface area contributed by atoms with Gasteiger partial charge in [-0.3, -0.25) is 0 Å². The summed E-state index contributed by atoms with van der Waals surface area (Å²) in [5, 5.41) is 18.4. The van der Waals surface area contributed by atoms with Gasteiger partial charge in [-0.05, 0) is 42.0 Å². The molecule has 3 rings (SSSR count). The number of thioether (sulfide) groups is 1. The number of aliphatic hydroxyl groups is 1. The summed E-state index contributed by atoms with van der Waals surface area (Å²) in [5.41, 5.74) is 1.42. The molecule has 5 nitrogen and oxygen atoms in total. The van der Waals surface area contributed by atoms with Crippen LogP contribution in [0.25, 0.3) is 11.5 Å². The molecule has 0 saturated carbocycles. The maximum Gasteiger partial charge on any atom is 0.276 e. The number of aliphatic hydroxyl groups excluding tert-OH is 1. The van der Waals surface area contributed by atoms with Crippen molar-refractivity contribution in [1.82, 2.24) is 10.2 Å². The lowest BCUT2D eigenvalue weighted by molar-refractivity contribution is 0.203. The minimum Gasteiger partial charge on any atom is -0.497 e. The van der Waals surface area contributed by atoms with E-state index in [1.807, 2.05) is 12.1 Å². The van der Waals surface area contributed by atoms with Gasteiger partial charge >= 0.3 is 0 Å². The summed E-state index contributed by atoms with van der Waals surface area (Å²) in [7, 11) is 1.59. The number of halogens is 1. The Morgan fingerprint density at radius 1 is 1.12 bits per heavy atom. The first kappa shape index (κ1) is 16.5. The van der Waals surface area contributed by atoms with E-state index in [1.165, 1.54) is 23.9 Å². The maximum atomic E-state index is 12.9. The number of hydrogen-bond acceptors (Lipinski definition) is 6. The second kappa shape index (κ2) is 7.46. The smallest absolute Gasteiger partial charge is 0.276 e. The predicted molar refractivity (Wildman–Crippen MR) is 88.4 cm³/mol. The molecule has 0 fully saturated rings. The van der Waals surface area contributed by atoms with Crippen LogP contribution in [0.2, 0.25) is 0 Å². The fourth-order valence-corrected chi connectivity index (χ4v) is 2.78. The SMILES string of the molecule is COc1ccc(C(O)CSc2nnc(-c3ccc(F)cc3)o2)cc1. The summed E-state index contributed by atoms with van der Waals surface area (Å²) < 4.78 is 23.5. The van der Waals surface area contributed by atoms with Crippen LogP contribution in [0.3, 0.4) is 0 Å². The number of ether oxygens (including phenoxy) is 1. The molecule has 1 N–H and O–H groups in total. The Morgan fingerprint density at radius 3 is 2.50 bits per heavy atom. The van der Waals surface area contributed by atoms with Crippen molar-refractivity contribution in [3.63, 3.8) is 0 Å².